The molecular weight excluding hydrogens is 446 g/mol. The second-order valence-corrected chi connectivity index (χ2v) is 8.50. The Labute approximate surface area is 203 Å². The maximum atomic E-state index is 12.5. The molecule has 0 spiro atoms. The molecule has 0 bridgehead atoms. The average Bonchev–Trinajstić information content (AvgIpc) is 2.88. The lowest BCUT2D eigenvalue weighted by molar-refractivity contribution is -0.127. The van der Waals surface area contributed by atoms with E-state index in [4.69, 9.17) is 9.47 Å². The number of nitrogens with one attached hydrogen (secondary N) is 1. The number of hydrogen-bond acceptors (Lipinski definition) is 6. The number of hydrogen-bond donors (Lipinski definition) is 1. The first kappa shape index (κ1) is 23.3. The van der Waals surface area contributed by atoms with E-state index in [0.717, 1.165) is 32.7 Å². The van der Waals surface area contributed by atoms with E-state index < -0.39 is 6.10 Å². The Hall–Kier alpha value is -3.84. The largest absolute Gasteiger partial charge is 0.496 e. The maximum absolute atomic E-state index is 12.5. The predicted molar refractivity (Wildman–Crippen MR) is 137 cm³/mol. The number of thioether (sulfide) groups is 1. The molecule has 4 aromatic rings. The summed E-state index contributed by atoms with van der Waals surface area (Å²) in [5.74, 6) is 1.82. The average molecular weight is 472 g/mol. The summed E-state index contributed by atoms with van der Waals surface area (Å²) in [5, 5.41) is 7.08. The summed E-state index contributed by atoms with van der Waals surface area (Å²) < 4.78 is 11.4. The number of hydrazone groups is 1. The van der Waals surface area contributed by atoms with E-state index in [1.165, 1.54) is 0 Å². The van der Waals surface area contributed by atoms with Crippen LogP contribution in [0.4, 0.5) is 0 Å². The van der Waals surface area contributed by atoms with Crippen molar-refractivity contribution in [3.05, 3.63) is 96.2 Å². The summed E-state index contributed by atoms with van der Waals surface area (Å²) in [5.41, 5.74) is 4.43. The molecule has 1 N–H and O–H groups in total. The Morgan fingerprint density at radius 3 is 2.71 bits per heavy atom. The van der Waals surface area contributed by atoms with Crippen molar-refractivity contribution in [2.24, 2.45) is 5.10 Å². The van der Waals surface area contributed by atoms with Crippen LogP contribution in [0.25, 0.3) is 10.8 Å². The molecule has 0 aliphatic rings. The fourth-order valence-corrected chi connectivity index (χ4v) is 4.22. The van der Waals surface area contributed by atoms with Crippen molar-refractivity contribution >= 4 is 34.7 Å². The van der Waals surface area contributed by atoms with Gasteiger partial charge in [0.2, 0.25) is 0 Å². The lowest BCUT2D eigenvalue weighted by atomic mass is 10.1. The van der Waals surface area contributed by atoms with Crippen LogP contribution in [0.1, 0.15) is 18.1 Å². The van der Waals surface area contributed by atoms with Gasteiger partial charge in [0.05, 0.1) is 18.4 Å². The first-order valence-corrected chi connectivity index (χ1v) is 11.8. The van der Waals surface area contributed by atoms with Crippen LogP contribution >= 0.6 is 11.8 Å². The van der Waals surface area contributed by atoms with Crippen molar-refractivity contribution in [2.75, 3.05) is 7.11 Å². The molecule has 1 amide bonds. The van der Waals surface area contributed by atoms with Gasteiger partial charge in [0.15, 0.2) is 6.10 Å². The molecule has 0 radical (unpaired) electrons. The first-order valence-electron chi connectivity index (χ1n) is 10.8. The lowest BCUT2D eigenvalue weighted by Crippen LogP contribution is -2.33. The van der Waals surface area contributed by atoms with Crippen molar-refractivity contribution in [1.82, 2.24) is 10.4 Å². The monoisotopic (exact) mass is 471 g/mol. The number of rotatable bonds is 9. The van der Waals surface area contributed by atoms with Crippen LogP contribution in [-0.4, -0.2) is 30.3 Å². The van der Waals surface area contributed by atoms with Crippen molar-refractivity contribution in [1.29, 1.82) is 0 Å². The second kappa shape index (κ2) is 11.3. The van der Waals surface area contributed by atoms with Gasteiger partial charge in [-0.2, -0.15) is 5.10 Å². The third-order valence-corrected chi connectivity index (χ3v) is 6.12. The zero-order chi connectivity index (χ0) is 23.8. The Morgan fingerprint density at radius 2 is 1.88 bits per heavy atom. The highest BCUT2D eigenvalue weighted by molar-refractivity contribution is 7.98. The fraction of sp³-hybridized carbons (Fsp3) is 0.148. The van der Waals surface area contributed by atoms with Crippen molar-refractivity contribution in [3.63, 3.8) is 0 Å². The normalized spacial score (nSPS) is 11.9. The van der Waals surface area contributed by atoms with E-state index >= 15 is 0 Å². The number of carbonyl (C=O) groups excluding carboxylic acids is 1. The van der Waals surface area contributed by atoms with Crippen LogP contribution < -0.4 is 14.9 Å². The quantitative estimate of drug-likeness (QED) is 0.200. The summed E-state index contributed by atoms with van der Waals surface area (Å²) in [6, 6.07) is 25.3. The van der Waals surface area contributed by atoms with E-state index in [-0.39, 0.29) is 5.91 Å². The minimum absolute atomic E-state index is 0.330. The fourth-order valence-electron chi connectivity index (χ4n) is 3.38. The SMILES string of the molecule is COc1ccc(/C=N\NC(=O)[C@H](C)Oc2cccc3ccccc23)cc1CSc1ccccn1. The van der Waals surface area contributed by atoms with Gasteiger partial charge in [0.1, 0.15) is 11.5 Å². The zero-order valence-corrected chi connectivity index (χ0v) is 19.8. The van der Waals surface area contributed by atoms with Gasteiger partial charge in [-0.15, -0.1) is 11.8 Å². The molecular formula is C27H25N3O3S. The van der Waals surface area contributed by atoms with E-state index in [1.54, 1.807) is 38.2 Å². The Morgan fingerprint density at radius 1 is 1.06 bits per heavy atom. The molecule has 7 heteroatoms. The molecule has 172 valence electrons. The van der Waals surface area contributed by atoms with Gasteiger partial charge in [-0.05, 0) is 54.3 Å². The smallest absolute Gasteiger partial charge is 0.280 e. The van der Waals surface area contributed by atoms with Gasteiger partial charge in [-0.3, -0.25) is 4.79 Å². The van der Waals surface area contributed by atoms with Gasteiger partial charge in [0.25, 0.3) is 5.91 Å². The molecule has 1 heterocycles. The molecule has 1 atom stereocenters. The van der Waals surface area contributed by atoms with Gasteiger partial charge in [0, 0.05) is 22.9 Å². The molecule has 0 saturated heterocycles. The van der Waals surface area contributed by atoms with Crippen molar-refractivity contribution < 1.29 is 14.3 Å². The molecule has 0 unspecified atom stereocenters. The molecule has 3 aromatic carbocycles. The summed E-state index contributed by atoms with van der Waals surface area (Å²) in [7, 11) is 1.65. The molecule has 34 heavy (non-hydrogen) atoms. The molecule has 4 rings (SSSR count). The van der Waals surface area contributed by atoms with E-state index in [1.807, 2.05) is 78.9 Å². The summed E-state index contributed by atoms with van der Waals surface area (Å²) in [6.45, 7) is 1.70. The molecule has 1 aromatic heterocycles. The second-order valence-electron chi connectivity index (χ2n) is 7.50. The van der Waals surface area contributed by atoms with Gasteiger partial charge in [-0.25, -0.2) is 10.4 Å². The van der Waals surface area contributed by atoms with Crippen LogP contribution in [-0.2, 0) is 10.5 Å². The molecule has 6 nitrogen and oxygen atoms in total. The van der Waals surface area contributed by atoms with Crippen LogP contribution in [0, 0.1) is 0 Å². The third kappa shape index (κ3) is 5.94. The number of fused-ring (bicyclic) bond motifs is 1. The van der Waals surface area contributed by atoms with Crippen LogP contribution in [0.15, 0.2) is 95.2 Å². The van der Waals surface area contributed by atoms with E-state index in [9.17, 15) is 4.79 Å². The number of nitrogens with zero attached hydrogens (tertiary/aromatic N) is 2. The van der Waals surface area contributed by atoms with Gasteiger partial charge in [-0.1, -0.05) is 42.5 Å². The van der Waals surface area contributed by atoms with Gasteiger partial charge >= 0.3 is 0 Å². The number of carbonyl (C=O) groups is 1. The number of methoxy groups -OCH3 is 1. The molecule has 0 fully saturated rings. The summed E-state index contributed by atoms with van der Waals surface area (Å²) >= 11 is 1.62. The van der Waals surface area contributed by atoms with Crippen molar-refractivity contribution in [2.45, 2.75) is 23.8 Å². The van der Waals surface area contributed by atoms with Crippen LogP contribution in [0.3, 0.4) is 0 Å². The maximum Gasteiger partial charge on any atom is 0.280 e. The Bertz CT molecular complexity index is 1290. The Balaban J connectivity index is 1.37. The highest BCUT2D eigenvalue weighted by atomic mass is 32.2. The van der Waals surface area contributed by atoms with E-state index in [0.29, 0.717) is 11.5 Å². The molecule has 0 saturated carbocycles. The van der Waals surface area contributed by atoms with Crippen LogP contribution in [0.5, 0.6) is 11.5 Å². The lowest BCUT2D eigenvalue weighted by Gasteiger charge is -2.14. The topological polar surface area (TPSA) is 72.8 Å². The first-order chi connectivity index (χ1) is 16.6. The number of amides is 1. The minimum atomic E-state index is -0.704. The highest BCUT2D eigenvalue weighted by Crippen LogP contribution is 2.28. The predicted octanol–water partition coefficient (Wildman–Crippen LogP) is 5.45. The Kier molecular flexibility index (Phi) is 7.78. The number of ether oxygens (including phenoxy) is 2. The minimum Gasteiger partial charge on any atom is -0.496 e. The third-order valence-electron chi connectivity index (χ3n) is 5.13. The van der Waals surface area contributed by atoms with Crippen molar-refractivity contribution in [3.8, 4) is 11.5 Å². The van der Waals surface area contributed by atoms with Gasteiger partial charge < -0.3 is 9.47 Å². The number of aromatic nitrogens is 1. The highest BCUT2D eigenvalue weighted by Gasteiger charge is 2.15. The van der Waals surface area contributed by atoms with E-state index in [2.05, 4.69) is 15.5 Å². The van der Waals surface area contributed by atoms with Crippen LogP contribution in [0.2, 0.25) is 0 Å². The summed E-state index contributed by atoms with van der Waals surface area (Å²) in [6.07, 6.45) is 2.68. The standard InChI is InChI=1S/C27H25N3O3S/c1-19(33-25-11-7-9-21-8-3-4-10-23(21)25)27(31)30-29-17-20-13-14-24(32-2)22(16-20)18-34-26-12-5-6-15-28-26/h3-17,19H,18H2,1-2H3,(H,30,31)/b29-17-/t19-/m0/s1. The number of pyridine rings is 1. The molecule has 0 aliphatic heterocycles. The summed E-state index contributed by atoms with van der Waals surface area (Å²) in [4.78, 5) is 16.9. The molecule has 0 aliphatic carbocycles. The zero-order valence-electron chi connectivity index (χ0n) is 19.0. The number of benzene rings is 3.